The second-order valence-corrected chi connectivity index (χ2v) is 4.19. The van der Waals surface area contributed by atoms with Gasteiger partial charge in [0.05, 0.1) is 5.01 Å². The van der Waals surface area contributed by atoms with Crippen molar-refractivity contribution in [1.29, 1.82) is 0 Å². The number of aliphatic hydroxyl groups is 1. The summed E-state index contributed by atoms with van der Waals surface area (Å²) in [6.45, 7) is 1.46. The molecular formula is C9H12N2O4S. The van der Waals surface area contributed by atoms with Gasteiger partial charge in [-0.1, -0.05) is 0 Å². The molecule has 0 bridgehead atoms. The Morgan fingerprint density at radius 3 is 2.75 bits per heavy atom. The number of carbonyl (C=O) groups is 2. The molecule has 6 nitrogen and oxygen atoms in total. The molecule has 1 atom stereocenters. The molecule has 3 N–H and O–H groups in total. The van der Waals surface area contributed by atoms with Crippen molar-refractivity contribution in [3.05, 3.63) is 16.1 Å². The van der Waals surface area contributed by atoms with Crippen molar-refractivity contribution >= 4 is 23.2 Å². The maximum Gasteiger partial charge on any atom is 0.326 e. The number of carboxylic acid groups (broad SMARTS) is 1. The van der Waals surface area contributed by atoms with Gasteiger partial charge in [-0.25, -0.2) is 9.78 Å². The number of thiazole rings is 1. The van der Waals surface area contributed by atoms with E-state index in [-0.39, 0.29) is 18.7 Å². The molecule has 0 spiro atoms. The highest BCUT2D eigenvalue weighted by molar-refractivity contribution is 7.09. The van der Waals surface area contributed by atoms with Gasteiger partial charge in [0.2, 0.25) is 0 Å². The molecular weight excluding hydrogens is 232 g/mol. The highest BCUT2D eigenvalue weighted by atomic mass is 32.1. The summed E-state index contributed by atoms with van der Waals surface area (Å²) < 4.78 is 0. The van der Waals surface area contributed by atoms with Gasteiger partial charge in [-0.3, -0.25) is 4.79 Å². The number of rotatable bonds is 5. The SMILES string of the molecule is Cc1nc(C(=O)N[C@H](CCO)C(=O)O)cs1. The van der Waals surface area contributed by atoms with Crippen LogP contribution in [-0.4, -0.2) is 39.7 Å². The van der Waals surface area contributed by atoms with Gasteiger partial charge in [0, 0.05) is 18.4 Å². The zero-order valence-electron chi connectivity index (χ0n) is 8.64. The van der Waals surface area contributed by atoms with E-state index in [0.717, 1.165) is 5.01 Å². The fourth-order valence-electron chi connectivity index (χ4n) is 1.09. The number of hydrogen-bond donors (Lipinski definition) is 3. The van der Waals surface area contributed by atoms with Gasteiger partial charge in [0.1, 0.15) is 11.7 Å². The van der Waals surface area contributed by atoms with E-state index in [1.165, 1.54) is 11.3 Å². The molecule has 0 saturated carbocycles. The van der Waals surface area contributed by atoms with Crippen LogP contribution in [0.5, 0.6) is 0 Å². The Kier molecular flexibility index (Phi) is 4.39. The monoisotopic (exact) mass is 244 g/mol. The maximum absolute atomic E-state index is 11.5. The van der Waals surface area contributed by atoms with Gasteiger partial charge in [-0.15, -0.1) is 11.3 Å². The van der Waals surface area contributed by atoms with Gasteiger partial charge in [0.25, 0.3) is 5.91 Å². The van der Waals surface area contributed by atoms with Crippen LogP contribution in [0.1, 0.15) is 21.9 Å². The third-order valence-corrected chi connectivity index (χ3v) is 2.65. The third-order valence-electron chi connectivity index (χ3n) is 1.87. The van der Waals surface area contributed by atoms with E-state index in [9.17, 15) is 9.59 Å². The first-order valence-corrected chi connectivity index (χ1v) is 5.49. The van der Waals surface area contributed by atoms with Crippen molar-refractivity contribution in [1.82, 2.24) is 10.3 Å². The van der Waals surface area contributed by atoms with Crippen LogP contribution in [0.3, 0.4) is 0 Å². The zero-order valence-corrected chi connectivity index (χ0v) is 9.45. The van der Waals surface area contributed by atoms with Crippen LogP contribution in [0.4, 0.5) is 0 Å². The fourth-order valence-corrected chi connectivity index (χ4v) is 1.68. The maximum atomic E-state index is 11.5. The topological polar surface area (TPSA) is 99.5 Å². The average molecular weight is 244 g/mol. The minimum atomic E-state index is -1.17. The second-order valence-electron chi connectivity index (χ2n) is 3.13. The van der Waals surface area contributed by atoms with Crippen LogP contribution >= 0.6 is 11.3 Å². The number of aryl methyl sites for hydroxylation is 1. The fraction of sp³-hybridized carbons (Fsp3) is 0.444. The number of aromatic nitrogens is 1. The molecule has 0 unspecified atom stereocenters. The average Bonchev–Trinajstić information content (AvgIpc) is 2.64. The molecule has 0 aliphatic carbocycles. The molecule has 0 saturated heterocycles. The quantitative estimate of drug-likeness (QED) is 0.678. The number of carbonyl (C=O) groups excluding carboxylic acids is 1. The van der Waals surface area contributed by atoms with Crippen molar-refractivity contribution in [3.8, 4) is 0 Å². The van der Waals surface area contributed by atoms with Crippen LogP contribution in [0, 0.1) is 6.92 Å². The Morgan fingerprint density at radius 1 is 1.62 bits per heavy atom. The lowest BCUT2D eigenvalue weighted by atomic mass is 10.2. The standard InChI is InChI=1S/C9H12N2O4S/c1-5-10-7(4-16-5)8(13)11-6(2-3-12)9(14)15/h4,6,12H,2-3H2,1H3,(H,11,13)(H,14,15)/t6-/m1/s1. The summed E-state index contributed by atoms with van der Waals surface area (Å²) in [6, 6.07) is -1.08. The van der Waals surface area contributed by atoms with E-state index in [1.54, 1.807) is 12.3 Å². The highest BCUT2D eigenvalue weighted by Crippen LogP contribution is 2.08. The number of hydrogen-bond acceptors (Lipinski definition) is 5. The van der Waals surface area contributed by atoms with Gasteiger partial charge < -0.3 is 15.5 Å². The third kappa shape index (κ3) is 3.28. The van der Waals surface area contributed by atoms with Crippen molar-refractivity contribution in [3.63, 3.8) is 0 Å². The lowest BCUT2D eigenvalue weighted by Crippen LogP contribution is -2.41. The lowest BCUT2D eigenvalue weighted by Gasteiger charge is -2.11. The van der Waals surface area contributed by atoms with Crippen LogP contribution in [0.25, 0.3) is 0 Å². The molecule has 1 aromatic heterocycles. The molecule has 0 aliphatic rings. The Morgan fingerprint density at radius 2 is 2.31 bits per heavy atom. The second kappa shape index (κ2) is 5.57. The van der Waals surface area contributed by atoms with Crippen LogP contribution in [0.2, 0.25) is 0 Å². The first-order chi connectivity index (χ1) is 7.54. The summed E-state index contributed by atoms with van der Waals surface area (Å²) in [5, 5.41) is 22.0. The van der Waals surface area contributed by atoms with E-state index in [0.29, 0.717) is 0 Å². The number of aliphatic hydroxyl groups excluding tert-OH is 1. The van der Waals surface area contributed by atoms with Crippen molar-refractivity contribution in [2.45, 2.75) is 19.4 Å². The van der Waals surface area contributed by atoms with Crippen molar-refractivity contribution < 1.29 is 19.8 Å². The van der Waals surface area contributed by atoms with E-state index >= 15 is 0 Å². The zero-order chi connectivity index (χ0) is 12.1. The normalized spacial score (nSPS) is 12.1. The van der Waals surface area contributed by atoms with Crippen LogP contribution in [0.15, 0.2) is 5.38 Å². The minimum Gasteiger partial charge on any atom is -0.480 e. The molecule has 0 fully saturated rings. The molecule has 7 heteroatoms. The summed E-state index contributed by atoms with van der Waals surface area (Å²) in [5.41, 5.74) is 0.201. The Hall–Kier alpha value is -1.47. The predicted octanol–water partition coefficient (Wildman–Crippen LogP) is 0.0169. The number of nitrogens with zero attached hydrogens (tertiary/aromatic N) is 1. The number of carboxylic acids is 1. The highest BCUT2D eigenvalue weighted by Gasteiger charge is 2.20. The first-order valence-electron chi connectivity index (χ1n) is 4.61. The van der Waals surface area contributed by atoms with Gasteiger partial charge in [-0.05, 0) is 6.92 Å². The Bertz CT molecular complexity index is 391. The number of amides is 1. The molecule has 88 valence electrons. The summed E-state index contributed by atoms with van der Waals surface area (Å²) in [5.74, 6) is -1.71. The van der Waals surface area contributed by atoms with E-state index < -0.39 is 17.9 Å². The van der Waals surface area contributed by atoms with Gasteiger partial charge in [-0.2, -0.15) is 0 Å². The van der Waals surface area contributed by atoms with Crippen molar-refractivity contribution in [2.75, 3.05) is 6.61 Å². The minimum absolute atomic E-state index is 0.0236. The summed E-state index contributed by atoms with van der Waals surface area (Å²) in [4.78, 5) is 26.2. The predicted molar refractivity (Wildman–Crippen MR) is 57.4 cm³/mol. The smallest absolute Gasteiger partial charge is 0.326 e. The molecule has 0 aliphatic heterocycles. The number of aliphatic carboxylic acids is 1. The van der Waals surface area contributed by atoms with E-state index in [2.05, 4.69) is 10.3 Å². The molecule has 1 amide bonds. The molecule has 0 aromatic carbocycles. The number of nitrogens with one attached hydrogen (secondary N) is 1. The molecule has 1 heterocycles. The van der Waals surface area contributed by atoms with E-state index in [1.807, 2.05) is 0 Å². The summed E-state index contributed by atoms with van der Waals surface area (Å²) in [7, 11) is 0. The van der Waals surface area contributed by atoms with Crippen LogP contribution < -0.4 is 5.32 Å². The summed E-state index contributed by atoms with van der Waals surface area (Å²) >= 11 is 1.31. The Balaban J connectivity index is 2.65. The molecule has 1 aromatic rings. The first kappa shape index (κ1) is 12.6. The lowest BCUT2D eigenvalue weighted by molar-refractivity contribution is -0.139. The summed E-state index contributed by atoms with van der Waals surface area (Å²) in [6.07, 6.45) is -0.0236. The van der Waals surface area contributed by atoms with Gasteiger partial charge >= 0.3 is 5.97 Å². The molecule has 1 rings (SSSR count). The van der Waals surface area contributed by atoms with E-state index in [4.69, 9.17) is 10.2 Å². The molecule has 0 radical (unpaired) electrons. The van der Waals surface area contributed by atoms with Crippen LogP contribution in [-0.2, 0) is 4.79 Å². The van der Waals surface area contributed by atoms with Crippen molar-refractivity contribution in [2.24, 2.45) is 0 Å². The van der Waals surface area contributed by atoms with Gasteiger partial charge in [0.15, 0.2) is 0 Å². The largest absolute Gasteiger partial charge is 0.480 e. The Labute approximate surface area is 95.9 Å². The molecule has 16 heavy (non-hydrogen) atoms.